The summed E-state index contributed by atoms with van der Waals surface area (Å²) in [5, 5.41) is 0. The third kappa shape index (κ3) is 127. The van der Waals surface area contributed by atoms with E-state index in [2.05, 4.69) is 0 Å². The molecule has 0 aliphatic heterocycles. The molecule has 5 heteroatoms. The van der Waals surface area contributed by atoms with E-state index in [-0.39, 0.29) is 41.2 Å². The molecule has 0 aliphatic rings. The molecule has 0 heterocycles. The monoisotopic (exact) mass is 173 g/mol. The third-order valence-electron chi connectivity index (χ3n) is 0. The van der Waals surface area contributed by atoms with Gasteiger partial charge in [0.25, 0.3) is 0 Å². The molecule has 0 aliphatic carbocycles. The summed E-state index contributed by atoms with van der Waals surface area (Å²) < 4.78 is 0. The van der Waals surface area contributed by atoms with Crippen molar-refractivity contribution < 1.29 is 41.2 Å². The smallest absolute Gasteiger partial charge is 0 e. The van der Waals surface area contributed by atoms with Crippen LogP contribution in [-0.2, 0) is 22.4 Å². The van der Waals surface area contributed by atoms with Crippen molar-refractivity contribution >= 4 is 0 Å². The van der Waals surface area contributed by atoms with E-state index >= 15 is 0 Å². The first-order chi connectivity index (χ1) is 0. The summed E-state index contributed by atoms with van der Waals surface area (Å²) in [7, 11) is 0. The molecule has 0 spiro atoms. The van der Waals surface area contributed by atoms with Crippen LogP contribution in [0.1, 0.15) is 0 Å². The summed E-state index contributed by atoms with van der Waals surface area (Å²) in [6.07, 6.45) is 0. The molecule has 0 aromatic heterocycles. The van der Waals surface area contributed by atoms with Gasteiger partial charge >= 0.3 is 0 Å². The molecule has 0 unspecified atom stereocenters. The summed E-state index contributed by atoms with van der Waals surface area (Å²) >= 11 is 0. The van der Waals surface area contributed by atoms with E-state index in [1.807, 2.05) is 0 Å². The summed E-state index contributed by atoms with van der Waals surface area (Å²) in [6.45, 7) is 0. The van der Waals surface area contributed by atoms with E-state index in [0.717, 1.165) is 0 Å². The van der Waals surface area contributed by atoms with Crippen LogP contribution in [0.25, 0.3) is 0 Å². The maximum atomic E-state index is 0. The predicted octanol–water partition coefficient (Wildman–Crippen LogP) is 0.607. The summed E-state index contributed by atoms with van der Waals surface area (Å²) in [6, 6.07) is 0. The van der Waals surface area contributed by atoms with Crippen LogP contribution in [-0.4, -0.2) is 0 Å². The topological polar surface area (TPSA) is 0 Å². The molecule has 0 nitrogen and oxygen atoms in total. The maximum Gasteiger partial charge on any atom is 0 e. The second-order valence-electron chi connectivity index (χ2n) is 0. The van der Waals surface area contributed by atoms with E-state index < -0.39 is 0 Å². The Kier molecular flexibility index (Phi) is 25900. The molecule has 5 heavy (non-hydrogen) atoms. The van der Waals surface area contributed by atoms with Crippen LogP contribution in [0.3, 0.4) is 0 Å². The van der Waals surface area contributed by atoms with Gasteiger partial charge in [-0.25, -0.2) is 0 Å². The quantitative estimate of drug-likeness (QED) is 0.371. The Balaban J connectivity index is 0. The van der Waals surface area contributed by atoms with Crippen LogP contribution in [0.4, 0.5) is 18.8 Å². The molecule has 0 rings (SSSR count). The average molecular weight is 173 g/mol. The summed E-state index contributed by atoms with van der Waals surface area (Å²) in [5.41, 5.74) is 0. The largest absolute Gasteiger partial charge is 0.269 e. The van der Waals surface area contributed by atoms with E-state index in [1.165, 1.54) is 0 Å². The number of halogens is 4. The SMILES string of the molecule is F.F.F.F.[Nb]. The maximum absolute atomic E-state index is 0. The molecule has 0 fully saturated rings. The third-order valence-corrected chi connectivity index (χ3v) is 0. The van der Waals surface area contributed by atoms with Gasteiger partial charge in [-0.15, -0.1) is 0 Å². The summed E-state index contributed by atoms with van der Waals surface area (Å²) in [5.74, 6) is 0. The summed E-state index contributed by atoms with van der Waals surface area (Å²) in [4.78, 5) is 0. The number of hydrogen-bond donors (Lipinski definition) is 0. The Morgan fingerprint density at radius 3 is 0.400 bits per heavy atom. The Bertz CT molecular complexity index is 3.61. The fourth-order valence-corrected chi connectivity index (χ4v) is 0. The van der Waals surface area contributed by atoms with Crippen molar-refractivity contribution in [2.75, 3.05) is 0 Å². The zero-order valence-electron chi connectivity index (χ0n) is 2.08. The van der Waals surface area contributed by atoms with E-state index in [0.29, 0.717) is 0 Å². The van der Waals surface area contributed by atoms with Crippen molar-refractivity contribution in [3.8, 4) is 0 Å². The normalized spacial score (nSPS) is 0. The van der Waals surface area contributed by atoms with Crippen LogP contribution in [0.5, 0.6) is 0 Å². The van der Waals surface area contributed by atoms with Crippen LogP contribution in [0.15, 0.2) is 0 Å². The number of hydrogen-bond acceptors (Lipinski definition) is 0. The zero-order valence-corrected chi connectivity index (χ0v) is 4.28. The van der Waals surface area contributed by atoms with Crippen molar-refractivity contribution in [3.05, 3.63) is 0 Å². The van der Waals surface area contributed by atoms with Gasteiger partial charge in [-0.3, -0.25) is 18.8 Å². The fraction of sp³-hybridized carbons (Fsp3) is 0. The van der Waals surface area contributed by atoms with Gasteiger partial charge in [0, 0.05) is 22.4 Å². The van der Waals surface area contributed by atoms with Gasteiger partial charge in [0.15, 0.2) is 0 Å². The first-order valence-electron chi connectivity index (χ1n) is 0. The average Bonchev–Trinajstić information content (AvgIpc) is 0. The molecule has 1 radical (unpaired) electrons. The van der Waals surface area contributed by atoms with Gasteiger partial charge in [-0.2, -0.15) is 0 Å². The van der Waals surface area contributed by atoms with Crippen molar-refractivity contribution in [1.82, 2.24) is 0 Å². The minimum atomic E-state index is 0. The first kappa shape index (κ1) is 513. The van der Waals surface area contributed by atoms with Gasteiger partial charge in [-0.1, -0.05) is 0 Å². The molecular formula is H4F4Nb. The Morgan fingerprint density at radius 2 is 0.400 bits per heavy atom. The zero-order chi connectivity index (χ0) is 0. The number of rotatable bonds is 0. The Hall–Kier alpha value is 0.460. The molecule has 0 amide bonds. The molecule has 0 atom stereocenters. The molecule has 0 aromatic carbocycles. The minimum Gasteiger partial charge on any atom is -0.269 e. The van der Waals surface area contributed by atoms with Gasteiger partial charge in [0.2, 0.25) is 0 Å². The van der Waals surface area contributed by atoms with E-state index in [9.17, 15) is 0 Å². The second-order valence-corrected chi connectivity index (χ2v) is 0. The van der Waals surface area contributed by atoms with Crippen LogP contribution >= 0.6 is 0 Å². The Morgan fingerprint density at radius 1 is 0.400 bits per heavy atom. The van der Waals surface area contributed by atoms with Gasteiger partial charge in [-0.05, 0) is 0 Å². The molecule has 37 valence electrons. The van der Waals surface area contributed by atoms with E-state index in [1.54, 1.807) is 0 Å². The van der Waals surface area contributed by atoms with Crippen molar-refractivity contribution in [2.24, 2.45) is 0 Å². The Labute approximate surface area is 41.9 Å². The molecule has 0 bridgehead atoms. The van der Waals surface area contributed by atoms with Gasteiger partial charge in [0.05, 0.1) is 0 Å². The molecule has 0 N–H and O–H groups in total. The minimum absolute atomic E-state index is 0. The molecule has 0 aromatic rings. The van der Waals surface area contributed by atoms with Crippen molar-refractivity contribution in [2.45, 2.75) is 0 Å². The van der Waals surface area contributed by atoms with Crippen molar-refractivity contribution in [1.29, 1.82) is 0 Å². The first-order valence-corrected chi connectivity index (χ1v) is 0. The molecular weight excluding hydrogens is 169 g/mol. The molecule has 0 saturated heterocycles. The second kappa shape index (κ2) is 252. The van der Waals surface area contributed by atoms with Crippen LogP contribution < -0.4 is 0 Å². The van der Waals surface area contributed by atoms with Gasteiger partial charge in [0.1, 0.15) is 0 Å². The predicted molar refractivity (Wildman–Crippen MR) is 10.0 cm³/mol. The van der Waals surface area contributed by atoms with Crippen molar-refractivity contribution in [3.63, 3.8) is 0 Å². The van der Waals surface area contributed by atoms with E-state index in [4.69, 9.17) is 0 Å². The van der Waals surface area contributed by atoms with Crippen LogP contribution in [0.2, 0.25) is 0 Å². The fourth-order valence-electron chi connectivity index (χ4n) is 0. The van der Waals surface area contributed by atoms with Gasteiger partial charge < -0.3 is 0 Å². The molecule has 0 saturated carbocycles. The van der Waals surface area contributed by atoms with Crippen LogP contribution in [0, 0.1) is 0 Å². The standard InChI is InChI=1S/4FH.Nb/h4*1H;.